The van der Waals surface area contributed by atoms with Gasteiger partial charge in [0.25, 0.3) is 5.91 Å². The second-order valence-electron chi connectivity index (χ2n) is 9.42. The fourth-order valence-electron chi connectivity index (χ4n) is 5.26. The summed E-state index contributed by atoms with van der Waals surface area (Å²) in [6.45, 7) is 3.60. The first-order valence-corrected chi connectivity index (χ1v) is 13.3. The maximum Gasteiger partial charge on any atom is 0.253 e. The molecule has 1 atom stereocenters. The fourth-order valence-corrected chi connectivity index (χ4v) is 5.40. The van der Waals surface area contributed by atoms with Crippen LogP contribution in [-0.4, -0.2) is 67.3 Å². The molecule has 1 amide bonds. The molecule has 0 spiro atoms. The number of halogens is 1. The van der Waals surface area contributed by atoms with E-state index in [1.54, 1.807) is 38.6 Å². The summed E-state index contributed by atoms with van der Waals surface area (Å²) in [6.07, 6.45) is 5.66. The van der Waals surface area contributed by atoms with Gasteiger partial charge in [0.1, 0.15) is 10.8 Å². The minimum absolute atomic E-state index is 0.205. The first-order valence-electron chi connectivity index (χ1n) is 13.0. The highest BCUT2D eigenvalue weighted by Crippen LogP contribution is 2.38. The molecule has 1 aliphatic heterocycles. The zero-order chi connectivity index (χ0) is 26.5. The van der Waals surface area contributed by atoms with E-state index in [1.807, 2.05) is 12.1 Å². The van der Waals surface area contributed by atoms with Crippen LogP contribution in [0.15, 0.2) is 42.6 Å². The summed E-state index contributed by atoms with van der Waals surface area (Å²) in [5.74, 6) is 1.32. The number of aromatic nitrogens is 2. The Hall–Kier alpha value is -3.40. The molecule has 9 nitrogen and oxygen atoms in total. The van der Waals surface area contributed by atoms with Gasteiger partial charge in [0.15, 0.2) is 5.82 Å². The van der Waals surface area contributed by atoms with Gasteiger partial charge in [-0.3, -0.25) is 9.69 Å². The van der Waals surface area contributed by atoms with Crippen molar-refractivity contribution in [3.63, 3.8) is 0 Å². The van der Waals surface area contributed by atoms with Crippen molar-refractivity contribution >= 4 is 40.6 Å². The lowest BCUT2D eigenvalue weighted by Crippen LogP contribution is -2.43. The molecule has 1 aliphatic carbocycles. The molecule has 10 heteroatoms. The second kappa shape index (κ2) is 12.0. The van der Waals surface area contributed by atoms with Crippen LogP contribution in [0.4, 0.5) is 23.1 Å². The van der Waals surface area contributed by atoms with E-state index >= 15 is 0 Å². The van der Waals surface area contributed by atoms with Gasteiger partial charge in [-0.25, -0.2) is 4.98 Å². The Morgan fingerprint density at radius 1 is 1.11 bits per heavy atom. The van der Waals surface area contributed by atoms with Crippen molar-refractivity contribution < 1.29 is 14.3 Å². The number of rotatable bonds is 7. The molecular formula is C28H33ClN6O3. The number of para-hydroxylation sites is 1. The van der Waals surface area contributed by atoms with Crippen molar-refractivity contribution in [2.24, 2.45) is 0 Å². The van der Waals surface area contributed by atoms with Crippen molar-refractivity contribution in [3.05, 3.63) is 64.3 Å². The number of anilines is 4. The lowest BCUT2D eigenvalue weighted by atomic mass is 10.00. The van der Waals surface area contributed by atoms with Crippen molar-refractivity contribution in [1.82, 2.24) is 20.2 Å². The molecule has 1 aromatic heterocycles. The Balaban J connectivity index is 1.41. The smallest absolute Gasteiger partial charge is 0.253 e. The van der Waals surface area contributed by atoms with Crippen LogP contribution in [0.25, 0.3) is 0 Å². The molecule has 5 rings (SSSR count). The van der Waals surface area contributed by atoms with Crippen LogP contribution in [0.1, 0.15) is 34.3 Å². The summed E-state index contributed by atoms with van der Waals surface area (Å²) in [5.41, 5.74) is 4.52. The predicted octanol–water partition coefficient (Wildman–Crippen LogP) is 4.57. The van der Waals surface area contributed by atoms with Gasteiger partial charge in [-0.05, 0) is 55.0 Å². The monoisotopic (exact) mass is 536 g/mol. The number of carbonyl (C=O) groups excluding carboxylic acids is 1. The molecule has 0 bridgehead atoms. The van der Waals surface area contributed by atoms with Gasteiger partial charge in [-0.2, -0.15) is 4.98 Å². The third-order valence-electron chi connectivity index (χ3n) is 7.26. The average molecular weight is 537 g/mol. The molecule has 2 heterocycles. The molecule has 2 aliphatic rings. The lowest BCUT2D eigenvalue weighted by Gasteiger charge is -2.34. The molecule has 0 radical (unpaired) electrons. The highest BCUT2D eigenvalue weighted by atomic mass is 35.5. The van der Waals surface area contributed by atoms with Gasteiger partial charge in [0.05, 0.1) is 43.5 Å². The van der Waals surface area contributed by atoms with E-state index in [2.05, 4.69) is 36.9 Å². The van der Waals surface area contributed by atoms with Gasteiger partial charge < -0.3 is 25.4 Å². The predicted molar refractivity (Wildman–Crippen MR) is 149 cm³/mol. The molecule has 1 fully saturated rings. The number of benzene rings is 2. The van der Waals surface area contributed by atoms with Gasteiger partial charge in [0, 0.05) is 26.2 Å². The highest BCUT2D eigenvalue weighted by Gasteiger charge is 2.26. The van der Waals surface area contributed by atoms with Crippen LogP contribution in [0.2, 0.25) is 5.02 Å². The lowest BCUT2D eigenvalue weighted by molar-refractivity contribution is 0.0136. The fraction of sp³-hybridized carbons (Fsp3) is 0.393. The van der Waals surface area contributed by atoms with Crippen molar-refractivity contribution in [2.45, 2.75) is 31.7 Å². The van der Waals surface area contributed by atoms with Crippen LogP contribution < -0.4 is 20.7 Å². The van der Waals surface area contributed by atoms with E-state index in [1.165, 1.54) is 11.1 Å². The highest BCUT2D eigenvalue weighted by molar-refractivity contribution is 6.33. The maximum atomic E-state index is 12.3. The molecule has 38 heavy (non-hydrogen) atoms. The van der Waals surface area contributed by atoms with E-state index in [-0.39, 0.29) is 5.91 Å². The normalized spacial score (nSPS) is 17.7. The van der Waals surface area contributed by atoms with E-state index in [4.69, 9.17) is 21.1 Å². The number of fused-ring (bicyclic) bond motifs is 1. The molecule has 0 saturated carbocycles. The number of nitrogens with zero attached hydrogens (tertiary/aromatic N) is 3. The summed E-state index contributed by atoms with van der Waals surface area (Å²) in [7, 11) is 3.27. The Bertz CT molecular complexity index is 1300. The van der Waals surface area contributed by atoms with Gasteiger partial charge >= 0.3 is 0 Å². The maximum absolute atomic E-state index is 12.3. The third-order valence-corrected chi connectivity index (χ3v) is 7.54. The summed E-state index contributed by atoms with van der Waals surface area (Å²) >= 11 is 6.45. The summed E-state index contributed by atoms with van der Waals surface area (Å²) < 4.78 is 11.3. The molecule has 200 valence electrons. The molecule has 2 aromatic carbocycles. The second-order valence-corrected chi connectivity index (χ2v) is 9.83. The minimum atomic E-state index is -0.205. The molecule has 3 aromatic rings. The summed E-state index contributed by atoms with van der Waals surface area (Å²) in [6, 6.07) is 11.9. The SMILES string of the molecule is CNC(=O)c1ccccc1Nc1nc(Nc2c(OC)ccc3c2CCC(N2CCOCC2)CC3)ncc1Cl. The van der Waals surface area contributed by atoms with E-state index in [0.717, 1.165) is 63.4 Å². The number of morpholine rings is 1. The van der Waals surface area contributed by atoms with Crippen LogP contribution in [0, 0.1) is 0 Å². The largest absolute Gasteiger partial charge is 0.495 e. The van der Waals surface area contributed by atoms with Crippen molar-refractivity contribution in [1.29, 1.82) is 0 Å². The van der Waals surface area contributed by atoms with Gasteiger partial charge in [-0.1, -0.05) is 29.8 Å². The zero-order valence-corrected chi connectivity index (χ0v) is 22.5. The number of amides is 1. The molecule has 1 unspecified atom stereocenters. The van der Waals surface area contributed by atoms with E-state index in [0.29, 0.717) is 34.1 Å². The number of nitrogens with one attached hydrogen (secondary N) is 3. The number of ether oxygens (including phenoxy) is 2. The van der Waals surface area contributed by atoms with Crippen molar-refractivity contribution in [3.8, 4) is 5.75 Å². The Morgan fingerprint density at radius 3 is 2.68 bits per heavy atom. The number of carbonyl (C=O) groups is 1. The number of hydrogen-bond acceptors (Lipinski definition) is 8. The molecule has 3 N–H and O–H groups in total. The number of hydrogen-bond donors (Lipinski definition) is 3. The molecular weight excluding hydrogens is 504 g/mol. The third kappa shape index (κ3) is 5.70. The minimum Gasteiger partial charge on any atom is -0.495 e. The van der Waals surface area contributed by atoms with Gasteiger partial charge in [-0.15, -0.1) is 0 Å². The Morgan fingerprint density at radius 2 is 1.89 bits per heavy atom. The summed E-state index contributed by atoms with van der Waals surface area (Å²) in [5, 5.41) is 9.61. The van der Waals surface area contributed by atoms with Crippen LogP contribution >= 0.6 is 11.6 Å². The number of aryl methyl sites for hydroxylation is 1. The van der Waals surface area contributed by atoms with E-state index < -0.39 is 0 Å². The molecule has 1 saturated heterocycles. The first-order chi connectivity index (χ1) is 18.6. The standard InChI is InChI=1S/C28H33ClN6O3/c1-30-27(36)21-5-3-4-6-23(21)32-26-22(29)17-31-28(34-26)33-25-20-11-10-19(35-13-15-38-16-14-35)9-7-18(20)8-12-24(25)37-2/h3-6,8,12,17,19H,7,9-11,13-16H2,1-2H3,(H,30,36)(H2,31,32,33,34). The van der Waals surface area contributed by atoms with Gasteiger partial charge in [0.2, 0.25) is 5.95 Å². The van der Waals surface area contributed by atoms with Crippen LogP contribution in [0.5, 0.6) is 5.75 Å². The van der Waals surface area contributed by atoms with Crippen molar-refractivity contribution in [2.75, 3.05) is 51.1 Å². The summed E-state index contributed by atoms with van der Waals surface area (Å²) in [4.78, 5) is 24.0. The Labute approximate surface area is 227 Å². The quantitative estimate of drug-likeness (QED) is 0.378. The first kappa shape index (κ1) is 26.2. The van der Waals surface area contributed by atoms with E-state index in [9.17, 15) is 4.79 Å². The van der Waals surface area contributed by atoms with Crippen LogP contribution in [0.3, 0.4) is 0 Å². The van der Waals surface area contributed by atoms with Crippen LogP contribution in [-0.2, 0) is 17.6 Å². The number of methoxy groups -OCH3 is 1. The average Bonchev–Trinajstić information content (AvgIpc) is 3.18. The Kier molecular flexibility index (Phi) is 8.26. The topological polar surface area (TPSA) is 101 Å². The zero-order valence-electron chi connectivity index (χ0n) is 21.7.